The summed E-state index contributed by atoms with van der Waals surface area (Å²) in [5.74, 6) is -1.19. The fourth-order valence-corrected chi connectivity index (χ4v) is 1.86. The zero-order chi connectivity index (χ0) is 13.8. The van der Waals surface area contributed by atoms with Gasteiger partial charge in [-0.1, -0.05) is 29.8 Å². The van der Waals surface area contributed by atoms with Crippen molar-refractivity contribution in [2.75, 3.05) is 0 Å². The van der Waals surface area contributed by atoms with Gasteiger partial charge < -0.3 is 10.4 Å². The van der Waals surface area contributed by atoms with Crippen LogP contribution >= 0.6 is 11.6 Å². The van der Waals surface area contributed by atoms with E-state index in [1.54, 1.807) is 38.1 Å². The van der Waals surface area contributed by atoms with Crippen molar-refractivity contribution < 1.29 is 14.7 Å². The number of rotatable bonds is 5. The van der Waals surface area contributed by atoms with Gasteiger partial charge in [-0.3, -0.25) is 9.59 Å². The minimum Gasteiger partial charge on any atom is -0.481 e. The Kier molecular flexibility index (Phi) is 4.73. The number of carbonyl (C=O) groups is 2. The third-order valence-electron chi connectivity index (χ3n) is 2.38. The summed E-state index contributed by atoms with van der Waals surface area (Å²) in [5, 5.41) is 11.9. The molecule has 2 N–H and O–H groups in total. The Morgan fingerprint density at radius 3 is 2.50 bits per heavy atom. The fourth-order valence-electron chi connectivity index (χ4n) is 1.66. The number of carbonyl (C=O) groups excluding carboxylic acids is 1. The molecule has 4 nitrogen and oxygen atoms in total. The Morgan fingerprint density at radius 1 is 1.33 bits per heavy atom. The normalized spacial score (nSPS) is 11.1. The summed E-state index contributed by atoms with van der Waals surface area (Å²) in [7, 11) is 0. The van der Waals surface area contributed by atoms with Crippen LogP contribution in [0.4, 0.5) is 0 Å². The van der Waals surface area contributed by atoms with Crippen LogP contribution in [-0.4, -0.2) is 22.5 Å². The van der Waals surface area contributed by atoms with Crippen molar-refractivity contribution in [2.45, 2.75) is 32.2 Å². The molecular formula is C13H16ClNO3. The van der Waals surface area contributed by atoms with Crippen LogP contribution < -0.4 is 5.32 Å². The third-order valence-corrected chi connectivity index (χ3v) is 2.75. The molecule has 0 heterocycles. The molecule has 0 saturated carbocycles. The lowest BCUT2D eigenvalue weighted by molar-refractivity contribution is -0.138. The van der Waals surface area contributed by atoms with Crippen molar-refractivity contribution in [2.24, 2.45) is 0 Å². The van der Waals surface area contributed by atoms with Crippen LogP contribution in [0, 0.1) is 0 Å². The quantitative estimate of drug-likeness (QED) is 0.862. The molecule has 0 bridgehead atoms. The van der Waals surface area contributed by atoms with Gasteiger partial charge in [-0.15, -0.1) is 0 Å². The number of halogens is 1. The summed E-state index contributed by atoms with van der Waals surface area (Å²) in [6, 6.07) is 7.08. The molecule has 18 heavy (non-hydrogen) atoms. The lowest BCUT2D eigenvalue weighted by atomic mass is 10.00. The number of benzene rings is 1. The predicted octanol–water partition coefficient (Wildman–Crippen LogP) is 2.25. The standard InChI is InChI=1S/C13H16ClNO3/c1-13(2,8-12(17)18)15-11(16)7-9-5-3-4-6-10(9)14/h3-6H,7-8H2,1-2H3,(H,15,16)(H,17,18). The SMILES string of the molecule is CC(C)(CC(=O)O)NC(=O)Cc1ccccc1Cl. The minimum atomic E-state index is -0.946. The maximum absolute atomic E-state index is 11.8. The molecule has 0 aromatic heterocycles. The molecule has 98 valence electrons. The molecule has 1 aromatic rings. The van der Waals surface area contributed by atoms with Crippen LogP contribution in [0.3, 0.4) is 0 Å². The molecule has 0 fully saturated rings. The van der Waals surface area contributed by atoms with Crippen molar-refractivity contribution in [1.29, 1.82) is 0 Å². The van der Waals surface area contributed by atoms with E-state index in [1.807, 2.05) is 0 Å². The maximum Gasteiger partial charge on any atom is 0.305 e. The minimum absolute atomic E-state index is 0.124. The second kappa shape index (κ2) is 5.87. The summed E-state index contributed by atoms with van der Waals surface area (Å²) in [5.41, 5.74) is -0.0488. The number of carboxylic acids is 1. The Hall–Kier alpha value is -1.55. The topological polar surface area (TPSA) is 66.4 Å². The molecule has 0 atom stereocenters. The van der Waals surface area contributed by atoms with Gasteiger partial charge in [0.2, 0.25) is 5.91 Å². The number of hydrogen-bond donors (Lipinski definition) is 2. The van der Waals surface area contributed by atoms with Gasteiger partial charge in [0.15, 0.2) is 0 Å². The summed E-state index contributed by atoms with van der Waals surface area (Å²) in [6.45, 7) is 3.34. The van der Waals surface area contributed by atoms with Crippen LogP contribution in [-0.2, 0) is 16.0 Å². The van der Waals surface area contributed by atoms with Crippen LogP contribution in [0.1, 0.15) is 25.8 Å². The van der Waals surface area contributed by atoms with E-state index in [4.69, 9.17) is 16.7 Å². The van der Waals surface area contributed by atoms with E-state index in [0.717, 1.165) is 5.56 Å². The van der Waals surface area contributed by atoms with E-state index in [0.29, 0.717) is 5.02 Å². The van der Waals surface area contributed by atoms with Crippen molar-refractivity contribution in [3.8, 4) is 0 Å². The summed E-state index contributed by atoms with van der Waals surface area (Å²) in [6.07, 6.45) is 0.0178. The summed E-state index contributed by atoms with van der Waals surface area (Å²) >= 11 is 5.95. The molecule has 0 unspecified atom stereocenters. The van der Waals surface area contributed by atoms with Gasteiger partial charge in [-0.05, 0) is 25.5 Å². The molecule has 5 heteroatoms. The first-order valence-corrected chi connectivity index (χ1v) is 5.94. The molecule has 1 rings (SSSR count). The van der Waals surface area contributed by atoms with Gasteiger partial charge in [0, 0.05) is 10.6 Å². The van der Waals surface area contributed by atoms with Crippen LogP contribution in [0.5, 0.6) is 0 Å². The highest BCUT2D eigenvalue weighted by Crippen LogP contribution is 2.16. The maximum atomic E-state index is 11.8. The van der Waals surface area contributed by atoms with E-state index in [9.17, 15) is 9.59 Å². The van der Waals surface area contributed by atoms with Crippen LogP contribution in [0.25, 0.3) is 0 Å². The van der Waals surface area contributed by atoms with Gasteiger partial charge in [0.05, 0.1) is 12.8 Å². The van der Waals surface area contributed by atoms with E-state index in [1.165, 1.54) is 0 Å². The Labute approximate surface area is 111 Å². The highest BCUT2D eigenvalue weighted by atomic mass is 35.5. The number of hydrogen-bond acceptors (Lipinski definition) is 2. The van der Waals surface area contributed by atoms with Crippen LogP contribution in [0.15, 0.2) is 24.3 Å². The Bertz CT molecular complexity index is 457. The van der Waals surface area contributed by atoms with Crippen molar-refractivity contribution in [3.05, 3.63) is 34.9 Å². The number of nitrogens with one attached hydrogen (secondary N) is 1. The third kappa shape index (κ3) is 4.75. The molecule has 0 saturated heterocycles. The van der Waals surface area contributed by atoms with E-state index in [2.05, 4.69) is 5.32 Å². The lowest BCUT2D eigenvalue weighted by Gasteiger charge is -2.24. The van der Waals surface area contributed by atoms with Crippen molar-refractivity contribution in [1.82, 2.24) is 5.32 Å². The molecule has 0 aliphatic carbocycles. The average molecular weight is 270 g/mol. The number of carboxylic acid groups (broad SMARTS) is 1. The largest absolute Gasteiger partial charge is 0.481 e. The van der Waals surface area contributed by atoms with E-state index < -0.39 is 11.5 Å². The summed E-state index contributed by atoms with van der Waals surface area (Å²) in [4.78, 5) is 22.4. The van der Waals surface area contributed by atoms with Gasteiger partial charge in [0.1, 0.15) is 0 Å². The van der Waals surface area contributed by atoms with Crippen LogP contribution in [0.2, 0.25) is 5.02 Å². The first-order chi connectivity index (χ1) is 8.30. The van der Waals surface area contributed by atoms with Gasteiger partial charge in [-0.25, -0.2) is 0 Å². The Morgan fingerprint density at radius 2 is 1.94 bits per heavy atom. The highest BCUT2D eigenvalue weighted by Gasteiger charge is 2.23. The smallest absolute Gasteiger partial charge is 0.305 e. The zero-order valence-corrected chi connectivity index (χ0v) is 11.1. The van der Waals surface area contributed by atoms with E-state index >= 15 is 0 Å². The predicted molar refractivity (Wildman–Crippen MR) is 69.6 cm³/mol. The first-order valence-electron chi connectivity index (χ1n) is 5.56. The lowest BCUT2D eigenvalue weighted by Crippen LogP contribution is -2.45. The second-order valence-corrected chi connectivity index (χ2v) is 5.18. The molecular weight excluding hydrogens is 254 g/mol. The zero-order valence-electron chi connectivity index (χ0n) is 10.4. The van der Waals surface area contributed by atoms with Crippen molar-refractivity contribution in [3.63, 3.8) is 0 Å². The molecule has 0 aliphatic rings. The second-order valence-electron chi connectivity index (χ2n) is 4.77. The molecule has 1 aromatic carbocycles. The molecule has 0 radical (unpaired) electrons. The number of amides is 1. The number of aliphatic carboxylic acids is 1. The van der Waals surface area contributed by atoms with Gasteiger partial charge >= 0.3 is 5.97 Å². The van der Waals surface area contributed by atoms with E-state index in [-0.39, 0.29) is 18.7 Å². The molecule has 1 amide bonds. The first kappa shape index (κ1) is 14.5. The summed E-state index contributed by atoms with van der Waals surface area (Å²) < 4.78 is 0. The molecule has 0 spiro atoms. The monoisotopic (exact) mass is 269 g/mol. The molecule has 0 aliphatic heterocycles. The fraction of sp³-hybridized carbons (Fsp3) is 0.385. The highest BCUT2D eigenvalue weighted by molar-refractivity contribution is 6.31. The van der Waals surface area contributed by atoms with Gasteiger partial charge in [0.25, 0.3) is 0 Å². The van der Waals surface area contributed by atoms with Gasteiger partial charge in [-0.2, -0.15) is 0 Å². The average Bonchev–Trinajstić information content (AvgIpc) is 2.18. The Balaban J connectivity index is 2.62. The van der Waals surface area contributed by atoms with Crippen molar-refractivity contribution >= 4 is 23.5 Å².